The van der Waals surface area contributed by atoms with Crippen molar-refractivity contribution >= 4 is 5.97 Å². The van der Waals surface area contributed by atoms with Gasteiger partial charge in [0.25, 0.3) is 0 Å². The smallest absolute Gasteiger partial charge is 0.333 e. The average Bonchev–Trinajstić information content (AvgIpc) is 2.85. The summed E-state index contributed by atoms with van der Waals surface area (Å²) in [5, 5.41) is 0. The summed E-state index contributed by atoms with van der Waals surface area (Å²) in [5.41, 5.74) is 2.76. The van der Waals surface area contributed by atoms with E-state index in [-0.39, 0.29) is 11.4 Å². The van der Waals surface area contributed by atoms with Crippen LogP contribution in [0.15, 0.2) is 36.0 Å². The lowest BCUT2D eigenvalue weighted by atomic mass is 9.47. The molecule has 3 heteroatoms. The maximum Gasteiger partial charge on any atom is 0.333 e. The van der Waals surface area contributed by atoms with Crippen LogP contribution in [0.4, 0.5) is 0 Å². The van der Waals surface area contributed by atoms with Gasteiger partial charge in [0.15, 0.2) is 0 Å². The Bertz CT molecular complexity index is 598. The number of cyclic esters (lactones) is 1. The Balaban J connectivity index is 1.88. The van der Waals surface area contributed by atoms with Gasteiger partial charge in [-0.05, 0) is 42.4 Å². The first-order valence-electron chi connectivity index (χ1n) is 9.09. The zero-order valence-corrected chi connectivity index (χ0v) is 15.4. The number of hydrogen-bond donors (Lipinski definition) is 0. The molecular formula is C21H30O3. The highest BCUT2D eigenvalue weighted by molar-refractivity contribution is 5.86. The minimum atomic E-state index is -0.572. The van der Waals surface area contributed by atoms with E-state index in [1.807, 2.05) is 6.08 Å². The van der Waals surface area contributed by atoms with E-state index >= 15 is 0 Å². The predicted molar refractivity (Wildman–Crippen MR) is 95.2 cm³/mol. The first-order valence-corrected chi connectivity index (χ1v) is 9.09. The van der Waals surface area contributed by atoms with Gasteiger partial charge in [-0.2, -0.15) is 0 Å². The largest absolute Gasteiger partial charge is 0.428 e. The number of esters is 1. The van der Waals surface area contributed by atoms with Crippen molar-refractivity contribution in [1.29, 1.82) is 0 Å². The summed E-state index contributed by atoms with van der Waals surface area (Å²) in [4.78, 5) is 11.5. The Morgan fingerprint density at radius 3 is 2.79 bits per heavy atom. The van der Waals surface area contributed by atoms with Gasteiger partial charge in [0.2, 0.25) is 6.29 Å². The van der Waals surface area contributed by atoms with Crippen LogP contribution in [-0.2, 0) is 14.3 Å². The highest BCUT2D eigenvalue weighted by Crippen LogP contribution is 2.61. The average molecular weight is 330 g/mol. The van der Waals surface area contributed by atoms with E-state index in [0.29, 0.717) is 17.3 Å². The van der Waals surface area contributed by atoms with Crippen molar-refractivity contribution in [2.24, 2.45) is 22.7 Å². The topological polar surface area (TPSA) is 35.5 Å². The van der Waals surface area contributed by atoms with E-state index in [1.165, 1.54) is 37.3 Å². The van der Waals surface area contributed by atoms with Crippen molar-refractivity contribution in [3.05, 3.63) is 36.0 Å². The molecule has 0 aromatic carbocycles. The summed E-state index contributed by atoms with van der Waals surface area (Å²) in [6.07, 6.45) is 11.4. The number of fused-ring (bicyclic) bond motifs is 1. The summed E-state index contributed by atoms with van der Waals surface area (Å²) in [6, 6.07) is 0. The van der Waals surface area contributed by atoms with E-state index in [0.717, 1.165) is 12.0 Å². The molecule has 4 atom stereocenters. The van der Waals surface area contributed by atoms with Crippen LogP contribution < -0.4 is 0 Å². The lowest BCUT2D eigenvalue weighted by Gasteiger charge is -2.57. The monoisotopic (exact) mass is 330 g/mol. The van der Waals surface area contributed by atoms with Gasteiger partial charge in [-0.3, -0.25) is 0 Å². The van der Waals surface area contributed by atoms with E-state index in [4.69, 9.17) is 9.47 Å². The lowest BCUT2D eigenvalue weighted by molar-refractivity contribution is -0.154. The minimum Gasteiger partial charge on any atom is -0.428 e. The van der Waals surface area contributed by atoms with Crippen molar-refractivity contribution in [1.82, 2.24) is 0 Å². The summed E-state index contributed by atoms with van der Waals surface area (Å²) >= 11 is 0. The third kappa shape index (κ3) is 2.88. The van der Waals surface area contributed by atoms with Crippen molar-refractivity contribution in [2.75, 3.05) is 7.11 Å². The van der Waals surface area contributed by atoms with E-state index in [9.17, 15) is 4.79 Å². The Hall–Kier alpha value is -1.35. The first-order chi connectivity index (χ1) is 11.3. The zero-order chi connectivity index (χ0) is 17.5. The molecule has 0 saturated heterocycles. The number of rotatable bonds is 3. The van der Waals surface area contributed by atoms with Gasteiger partial charge in [0.05, 0.1) is 0 Å². The molecule has 0 N–H and O–H groups in total. The summed E-state index contributed by atoms with van der Waals surface area (Å²) < 4.78 is 10.4. The molecular weight excluding hydrogens is 300 g/mol. The molecule has 3 rings (SSSR count). The number of hydrogen-bond acceptors (Lipinski definition) is 3. The molecule has 2 saturated carbocycles. The van der Waals surface area contributed by atoms with Crippen LogP contribution in [0.3, 0.4) is 0 Å². The molecule has 0 amide bonds. The van der Waals surface area contributed by atoms with Crippen molar-refractivity contribution in [3.8, 4) is 0 Å². The fourth-order valence-electron chi connectivity index (χ4n) is 5.50. The fourth-order valence-corrected chi connectivity index (χ4v) is 5.50. The molecule has 0 radical (unpaired) electrons. The minimum absolute atomic E-state index is 0.250. The third-order valence-corrected chi connectivity index (χ3v) is 6.66. The quantitative estimate of drug-likeness (QED) is 0.551. The second kappa shape index (κ2) is 6.18. The summed E-state index contributed by atoms with van der Waals surface area (Å²) in [6.45, 7) is 11.7. The molecule has 1 heterocycles. The van der Waals surface area contributed by atoms with E-state index < -0.39 is 6.29 Å². The maximum atomic E-state index is 11.5. The van der Waals surface area contributed by atoms with Gasteiger partial charge < -0.3 is 9.47 Å². The molecule has 2 fully saturated rings. The van der Waals surface area contributed by atoms with Gasteiger partial charge >= 0.3 is 5.97 Å². The molecule has 1 aliphatic heterocycles. The van der Waals surface area contributed by atoms with Crippen molar-refractivity contribution in [2.45, 2.75) is 59.2 Å². The molecule has 3 nitrogen and oxygen atoms in total. The number of methoxy groups -OCH3 is 1. The predicted octanol–water partition coefficient (Wildman–Crippen LogP) is 4.80. The summed E-state index contributed by atoms with van der Waals surface area (Å²) in [7, 11) is 1.56. The molecule has 24 heavy (non-hydrogen) atoms. The normalized spacial score (nSPS) is 38.8. The van der Waals surface area contributed by atoms with Crippen molar-refractivity contribution in [3.63, 3.8) is 0 Å². The van der Waals surface area contributed by atoms with Crippen LogP contribution in [0, 0.1) is 22.7 Å². The van der Waals surface area contributed by atoms with Crippen molar-refractivity contribution < 1.29 is 14.3 Å². The molecule has 132 valence electrons. The van der Waals surface area contributed by atoms with Crippen LogP contribution in [0.2, 0.25) is 0 Å². The number of allylic oxidation sites excluding steroid dienone is 2. The molecule has 3 aliphatic rings. The molecule has 2 aliphatic carbocycles. The second-order valence-corrected chi connectivity index (χ2v) is 8.58. The Morgan fingerprint density at radius 2 is 2.08 bits per heavy atom. The Labute approximate surface area is 145 Å². The molecule has 1 unspecified atom stereocenters. The Morgan fingerprint density at radius 1 is 1.33 bits per heavy atom. The second-order valence-electron chi connectivity index (χ2n) is 8.58. The molecule has 0 aromatic heterocycles. The van der Waals surface area contributed by atoms with Gasteiger partial charge in [-0.25, -0.2) is 4.79 Å². The number of carbonyl (C=O) groups is 1. The van der Waals surface area contributed by atoms with E-state index in [2.05, 4.69) is 33.4 Å². The molecule has 0 bridgehead atoms. The van der Waals surface area contributed by atoms with Gasteiger partial charge in [-0.15, -0.1) is 0 Å². The molecule has 0 aromatic rings. The van der Waals surface area contributed by atoms with Gasteiger partial charge in [0, 0.05) is 24.7 Å². The first kappa shape index (κ1) is 17.5. The highest BCUT2D eigenvalue weighted by Gasteiger charge is 2.52. The van der Waals surface area contributed by atoms with E-state index in [1.54, 1.807) is 7.11 Å². The van der Waals surface area contributed by atoms with Crippen LogP contribution >= 0.6 is 0 Å². The van der Waals surface area contributed by atoms with Crippen LogP contribution in [-0.4, -0.2) is 19.4 Å². The Kier molecular flexibility index (Phi) is 4.50. The lowest BCUT2D eigenvalue weighted by Crippen LogP contribution is -2.48. The van der Waals surface area contributed by atoms with Crippen LogP contribution in [0.1, 0.15) is 52.9 Å². The molecule has 0 spiro atoms. The van der Waals surface area contributed by atoms with Crippen LogP contribution in [0.5, 0.6) is 0 Å². The van der Waals surface area contributed by atoms with Gasteiger partial charge in [0.1, 0.15) is 0 Å². The zero-order valence-electron chi connectivity index (χ0n) is 15.4. The standard InChI is InChI=1S/C21H30O3/c1-14-7-10-17-20(2,3)11-6-12-21(17,4)16(14)9-8-15-13-18(22)24-19(15)23-5/h8-9,13,16-17,19H,1,6-7,10-12H2,2-5H3/b9-8+/t16-,17-,19?,21+/m0/s1. The maximum absolute atomic E-state index is 11.5. The third-order valence-electron chi connectivity index (χ3n) is 6.66. The SMILES string of the molecule is C=C1CC[C@H]2C(C)(C)CCC[C@]2(C)[C@H]1/C=C/C1=CC(=O)OC1OC. The van der Waals surface area contributed by atoms with Gasteiger partial charge in [-0.1, -0.05) is 51.5 Å². The summed E-state index contributed by atoms with van der Waals surface area (Å²) in [5.74, 6) is 0.740. The fraction of sp³-hybridized carbons (Fsp3) is 0.667. The number of carbonyl (C=O) groups excluding carboxylic acids is 1. The highest BCUT2D eigenvalue weighted by atomic mass is 16.7. The van der Waals surface area contributed by atoms with Crippen LogP contribution in [0.25, 0.3) is 0 Å². The number of ether oxygens (including phenoxy) is 2.